The number of ether oxygens (including phenoxy) is 1. The number of nitrogens with zero attached hydrogens (tertiary/aromatic N) is 3. The number of aryl methyl sites for hydroxylation is 2. The van der Waals surface area contributed by atoms with Gasteiger partial charge in [-0.05, 0) is 56.2 Å². The molecule has 0 fully saturated rings. The first kappa shape index (κ1) is 23.8. The number of amides is 1. The van der Waals surface area contributed by atoms with Crippen molar-refractivity contribution in [1.82, 2.24) is 14.8 Å². The van der Waals surface area contributed by atoms with Crippen molar-refractivity contribution < 1.29 is 9.53 Å². The molecule has 7 nitrogen and oxygen atoms in total. The van der Waals surface area contributed by atoms with Crippen LogP contribution in [0.15, 0.2) is 88.8 Å². The van der Waals surface area contributed by atoms with Crippen LogP contribution in [-0.4, -0.2) is 20.7 Å². The minimum Gasteiger partial charge on any atom is -0.489 e. The zero-order chi connectivity index (χ0) is 25.2. The fourth-order valence-electron chi connectivity index (χ4n) is 4.29. The van der Waals surface area contributed by atoms with Gasteiger partial charge in [0.15, 0.2) is 0 Å². The summed E-state index contributed by atoms with van der Waals surface area (Å²) in [5, 5.41) is 10.8. The summed E-state index contributed by atoms with van der Waals surface area (Å²) in [5.74, 6) is 1.01. The molecule has 8 heteroatoms. The predicted octanol–water partition coefficient (Wildman–Crippen LogP) is 6.16. The summed E-state index contributed by atoms with van der Waals surface area (Å²) < 4.78 is 8.90. The molecule has 0 saturated heterocycles. The van der Waals surface area contributed by atoms with Crippen LogP contribution in [-0.2, 0) is 11.4 Å². The molecule has 0 bridgehead atoms. The Balaban J connectivity index is 1.55. The molecule has 0 aliphatic carbocycles. The first-order chi connectivity index (χ1) is 17.4. The fourth-order valence-corrected chi connectivity index (χ4v) is 4.66. The molecule has 0 radical (unpaired) electrons. The van der Waals surface area contributed by atoms with E-state index in [2.05, 4.69) is 67.8 Å². The second-order valence-corrected chi connectivity index (χ2v) is 9.74. The molecule has 2 heterocycles. The van der Waals surface area contributed by atoms with E-state index in [1.165, 1.54) is 11.9 Å². The van der Waals surface area contributed by atoms with Gasteiger partial charge in [0.05, 0.1) is 5.57 Å². The van der Waals surface area contributed by atoms with Crippen LogP contribution >= 0.6 is 15.9 Å². The Hall–Kier alpha value is -3.91. The minimum absolute atomic E-state index is 0.218. The zero-order valence-electron chi connectivity index (χ0n) is 20.2. The first-order valence-electron chi connectivity index (χ1n) is 11.6. The van der Waals surface area contributed by atoms with Gasteiger partial charge in [-0.25, -0.2) is 4.68 Å². The number of benzene rings is 3. The monoisotopic (exact) mass is 543 g/mol. The molecule has 36 heavy (non-hydrogen) atoms. The number of carbonyl (C=O) groups excluding carboxylic acids is 1. The summed E-state index contributed by atoms with van der Waals surface area (Å²) in [6, 6.07) is 21.2. The van der Waals surface area contributed by atoms with E-state index >= 15 is 0 Å². The number of hydrogen-bond donors (Lipinski definition) is 2. The van der Waals surface area contributed by atoms with Crippen molar-refractivity contribution in [1.29, 1.82) is 0 Å². The number of para-hydroxylation sites is 1. The highest BCUT2D eigenvalue weighted by Gasteiger charge is 2.35. The van der Waals surface area contributed by atoms with Crippen LogP contribution < -0.4 is 15.4 Å². The van der Waals surface area contributed by atoms with Crippen molar-refractivity contribution in [3.63, 3.8) is 0 Å². The van der Waals surface area contributed by atoms with Crippen LogP contribution in [0.5, 0.6) is 5.75 Å². The quantitative estimate of drug-likeness (QED) is 0.304. The molecular formula is C28H26BrN5O2. The van der Waals surface area contributed by atoms with Crippen molar-refractivity contribution in [3.05, 3.63) is 111 Å². The average Bonchev–Trinajstić information content (AvgIpc) is 3.33. The first-order valence-corrected chi connectivity index (χ1v) is 12.4. The van der Waals surface area contributed by atoms with Gasteiger partial charge in [0.1, 0.15) is 24.7 Å². The lowest BCUT2D eigenvalue weighted by Gasteiger charge is -2.30. The van der Waals surface area contributed by atoms with Crippen LogP contribution in [0.2, 0.25) is 0 Å². The minimum atomic E-state index is -0.543. The van der Waals surface area contributed by atoms with Crippen LogP contribution in [0.3, 0.4) is 0 Å². The van der Waals surface area contributed by atoms with E-state index in [1.807, 2.05) is 56.3 Å². The molecule has 1 aliphatic rings. The van der Waals surface area contributed by atoms with Crippen molar-refractivity contribution in [3.8, 4) is 5.75 Å². The van der Waals surface area contributed by atoms with Crippen molar-refractivity contribution >= 4 is 33.5 Å². The Labute approximate surface area is 218 Å². The predicted molar refractivity (Wildman–Crippen MR) is 144 cm³/mol. The molecule has 4 aromatic rings. The molecule has 0 saturated carbocycles. The van der Waals surface area contributed by atoms with E-state index in [-0.39, 0.29) is 5.91 Å². The lowest BCUT2D eigenvalue weighted by Crippen LogP contribution is -2.32. The van der Waals surface area contributed by atoms with Gasteiger partial charge in [0, 0.05) is 21.4 Å². The highest BCUT2D eigenvalue weighted by Crippen LogP contribution is 2.40. The van der Waals surface area contributed by atoms with E-state index in [4.69, 9.17) is 4.74 Å². The summed E-state index contributed by atoms with van der Waals surface area (Å²) in [4.78, 5) is 18.1. The smallest absolute Gasteiger partial charge is 0.255 e. The number of halogens is 1. The molecule has 1 aliphatic heterocycles. The maximum Gasteiger partial charge on any atom is 0.255 e. The van der Waals surface area contributed by atoms with Crippen LogP contribution in [0.4, 0.5) is 11.6 Å². The van der Waals surface area contributed by atoms with Crippen LogP contribution in [0.25, 0.3) is 0 Å². The van der Waals surface area contributed by atoms with Crippen LogP contribution in [0, 0.1) is 13.8 Å². The number of hydrogen-bond acceptors (Lipinski definition) is 5. The number of nitrogens with one attached hydrogen (secondary N) is 2. The number of allylic oxidation sites excluding steroid dienone is 1. The Bertz CT molecular complexity index is 1460. The SMILES string of the molecule is CC1=C(C(=O)Nc2ccccc2C)C(c2cc(Br)ccc2OCc2ccc(C)cc2)n2ncnc2N1. The Kier molecular flexibility index (Phi) is 6.61. The van der Waals surface area contributed by atoms with E-state index in [0.717, 1.165) is 26.9 Å². The molecule has 182 valence electrons. The molecule has 1 amide bonds. The van der Waals surface area contributed by atoms with Gasteiger partial charge in [-0.1, -0.05) is 64.0 Å². The van der Waals surface area contributed by atoms with Crippen molar-refractivity contribution in [2.75, 3.05) is 10.6 Å². The van der Waals surface area contributed by atoms with E-state index in [1.54, 1.807) is 4.68 Å². The normalized spacial score (nSPS) is 14.7. The van der Waals surface area contributed by atoms with E-state index in [9.17, 15) is 4.79 Å². The Morgan fingerprint density at radius 1 is 1.08 bits per heavy atom. The average molecular weight is 544 g/mol. The van der Waals surface area contributed by atoms with E-state index < -0.39 is 6.04 Å². The summed E-state index contributed by atoms with van der Waals surface area (Å²) in [7, 11) is 0. The lowest BCUT2D eigenvalue weighted by molar-refractivity contribution is -0.113. The summed E-state index contributed by atoms with van der Waals surface area (Å²) in [5.41, 5.74) is 6.04. The molecule has 1 atom stereocenters. The molecular weight excluding hydrogens is 518 g/mol. The second kappa shape index (κ2) is 9.99. The van der Waals surface area contributed by atoms with Gasteiger partial charge in [-0.2, -0.15) is 10.1 Å². The molecule has 2 N–H and O–H groups in total. The molecule has 0 spiro atoms. The third-order valence-corrected chi connectivity index (χ3v) is 6.71. The Morgan fingerprint density at radius 3 is 2.64 bits per heavy atom. The van der Waals surface area contributed by atoms with Gasteiger partial charge in [0.25, 0.3) is 5.91 Å². The zero-order valence-corrected chi connectivity index (χ0v) is 21.8. The largest absolute Gasteiger partial charge is 0.489 e. The number of aromatic nitrogens is 3. The number of anilines is 2. The van der Waals surface area contributed by atoms with Crippen molar-refractivity contribution in [2.45, 2.75) is 33.4 Å². The topological polar surface area (TPSA) is 81.1 Å². The maximum absolute atomic E-state index is 13.7. The van der Waals surface area contributed by atoms with Gasteiger partial charge in [-0.3, -0.25) is 4.79 Å². The maximum atomic E-state index is 13.7. The number of carbonyl (C=O) groups is 1. The number of fused-ring (bicyclic) bond motifs is 1. The summed E-state index contributed by atoms with van der Waals surface area (Å²) in [6.45, 7) is 6.30. The molecule has 3 aromatic carbocycles. The van der Waals surface area contributed by atoms with Gasteiger partial charge in [-0.15, -0.1) is 0 Å². The number of rotatable bonds is 6. The van der Waals surface area contributed by atoms with Crippen LogP contribution in [0.1, 0.15) is 35.2 Å². The van der Waals surface area contributed by atoms with Gasteiger partial charge < -0.3 is 15.4 Å². The van der Waals surface area contributed by atoms with Gasteiger partial charge >= 0.3 is 0 Å². The lowest BCUT2D eigenvalue weighted by atomic mass is 9.94. The molecule has 1 unspecified atom stereocenters. The molecule has 1 aromatic heterocycles. The summed E-state index contributed by atoms with van der Waals surface area (Å²) >= 11 is 3.60. The fraction of sp³-hybridized carbons (Fsp3) is 0.179. The van der Waals surface area contributed by atoms with Gasteiger partial charge in [0.2, 0.25) is 5.95 Å². The van der Waals surface area contributed by atoms with E-state index in [0.29, 0.717) is 29.6 Å². The third-order valence-electron chi connectivity index (χ3n) is 6.21. The highest BCUT2D eigenvalue weighted by atomic mass is 79.9. The second-order valence-electron chi connectivity index (χ2n) is 8.82. The third kappa shape index (κ3) is 4.77. The highest BCUT2D eigenvalue weighted by molar-refractivity contribution is 9.10. The Morgan fingerprint density at radius 2 is 1.86 bits per heavy atom. The summed E-state index contributed by atoms with van der Waals surface area (Å²) in [6.07, 6.45) is 1.48. The molecule has 5 rings (SSSR count). The standard InChI is InChI=1S/C28H26BrN5O2/c1-17-8-10-20(11-9-17)15-36-24-13-12-21(29)14-22(24)26-25(19(3)32-28-30-16-31-34(26)28)27(35)33-23-7-5-4-6-18(23)2/h4-14,16,26H,15H2,1-3H3,(H,33,35)(H,30,31,32). The van der Waals surface area contributed by atoms with Crippen molar-refractivity contribution in [2.24, 2.45) is 0 Å².